The Morgan fingerprint density at radius 3 is 2.72 bits per heavy atom. The number of nitrogens with zero attached hydrogens (tertiary/aromatic N) is 5. The maximum absolute atomic E-state index is 12.3. The van der Waals surface area contributed by atoms with Gasteiger partial charge in [-0.2, -0.15) is 0 Å². The van der Waals surface area contributed by atoms with E-state index in [4.69, 9.17) is 13.7 Å². The Morgan fingerprint density at radius 1 is 1.12 bits per heavy atom. The first-order chi connectivity index (χ1) is 15.5. The van der Waals surface area contributed by atoms with Gasteiger partial charge in [0.25, 0.3) is 5.89 Å². The van der Waals surface area contributed by atoms with Gasteiger partial charge in [-0.1, -0.05) is 49.3 Å². The monoisotopic (exact) mass is 439 g/mol. The second-order valence-corrected chi connectivity index (χ2v) is 8.42. The molecule has 1 aliphatic rings. The van der Waals surface area contributed by atoms with Crippen LogP contribution in [0.4, 0.5) is 4.79 Å². The highest BCUT2D eigenvalue weighted by Gasteiger charge is 2.24. The molecule has 1 aromatic carbocycles. The highest BCUT2D eigenvalue weighted by Crippen LogP contribution is 2.33. The Kier molecular flexibility index (Phi) is 6.84. The zero-order chi connectivity index (χ0) is 22.5. The Bertz CT molecular complexity index is 1030. The van der Waals surface area contributed by atoms with Gasteiger partial charge in [0.1, 0.15) is 17.0 Å². The van der Waals surface area contributed by atoms with Crippen LogP contribution in [0.15, 0.2) is 39.3 Å². The number of benzene rings is 1. The number of amides is 1. The van der Waals surface area contributed by atoms with Crippen LogP contribution in [-0.2, 0) is 11.3 Å². The fourth-order valence-electron chi connectivity index (χ4n) is 3.67. The van der Waals surface area contributed by atoms with Crippen molar-refractivity contribution >= 4 is 6.09 Å². The lowest BCUT2D eigenvalue weighted by atomic mass is 10.1. The van der Waals surface area contributed by atoms with Gasteiger partial charge in [0.05, 0.1) is 13.2 Å². The Labute approximate surface area is 187 Å². The van der Waals surface area contributed by atoms with Crippen molar-refractivity contribution in [3.63, 3.8) is 0 Å². The minimum atomic E-state index is -0.239. The normalized spacial score (nSPS) is 15.2. The Balaban J connectivity index is 1.41. The summed E-state index contributed by atoms with van der Waals surface area (Å²) in [6.07, 6.45) is 0.623. The third-order valence-corrected chi connectivity index (χ3v) is 5.34. The average molecular weight is 440 g/mol. The Hall–Kier alpha value is -3.20. The quantitative estimate of drug-likeness (QED) is 0.568. The highest BCUT2D eigenvalue weighted by atomic mass is 16.6. The molecule has 2 aromatic heterocycles. The molecule has 3 aromatic rings. The number of carbonyl (C=O) groups is 1. The largest absolute Gasteiger partial charge is 0.449 e. The summed E-state index contributed by atoms with van der Waals surface area (Å²) >= 11 is 0. The molecule has 1 fully saturated rings. The summed E-state index contributed by atoms with van der Waals surface area (Å²) in [5.74, 6) is 1.87. The number of carbonyl (C=O) groups excluding carboxylic acids is 1. The second-order valence-electron chi connectivity index (χ2n) is 8.42. The molecule has 0 N–H and O–H groups in total. The molecule has 3 heterocycles. The summed E-state index contributed by atoms with van der Waals surface area (Å²) in [7, 11) is 0. The van der Waals surface area contributed by atoms with E-state index in [1.165, 1.54) is 0 Å². The lowest BCUT2D eigenvalue weighted by Crippen LogP contribution is -2.36. The molecule has 0 radical (unpaired) electrons. The zero-order valence-corrected chi connectivity index (χ0v) is 18.8. The SMILES string of the molecule is Cc1onc(-c2ccccc2)c1-c1nnc(CN2CCCN(C(=O)OCC(C)C)CC2)o1. The standard InChI is InChI=1S/C23H29N5O4/c1-16(2)15-30-23(29)28-11-7-10-27(12-13-28)14-19-24-25-22(31-19)20-17(3)32-26-21(20)18-8-5-4-6-9-18/h4-6,8-9,16H,7,10-15H2,1-3H3. The lowest BCUT2D eigenvalue weighted by Gasteiger charge is -2.21. The number of aryl methyl sites for hydroxylation is 1. The molecule has 0 aliphatic carbocycles. The van der Waals surface area contributed by atoms with Gasteiger partial charge in [-0.25, -0.2) is 4.79 Å². The number of ether oxygens (including phenoxy) is 1. The molecule has 1 saturated heterocycles. The third kappa shape index (κ3) is 5.16. The van der Waals surface area contributed by atoms with Gasteiger partial charge in [0.2, 0.25) is 5.89 Å². The molecule has 0 atom stereocenters. The summed E-state index contributed by atoms with van der Waals surface area (Å²) in [5.41, 5.74) is 2.32. The topological polar surface area (TPSA) is 97.7 Å². The molecule has 4 rings (SSSR count). The molecular formula is C23H29N5O4. The summed E-state index contributed by atoms with van der Waals surface area (Å²) < 4.78 is 16.8. The van der Waals surface area contributed by atoms with E-state index in [2.05, 4.69) is 20.3 Å². The van der Waals surface area contributed by atoms with Crippen LogP contribution < -0.4 is 0 Å². The van der Waals surface area contributed by atoms with E-state index < -0.39 is 0 Å². The van der Waals surface area contributed by atoms with Crippen molar-refractivity contribution in [3.8, 4) is 22.7 Å². The predicted molar refractivity (Wildman–Crippen MR) is 118 cm³/mol. The minimum absolute atomic E-state index is 0.239. The summed E-state index contributed by atoms with van der Waals surface area (Å²) in [6, 6.07) is 9.78. The van der Waals surface area contributed by atoms with Crippen LogP contribution in [0, 0.1) is 12.8 Å². The first-order valence-electron chi connectivity index (χ1n) is 11.0. The zero-order valence-electron chi connectivity index (χ0n) is 18.8. The van der Waals surface area contributed by atoms with Crippen LogP contribution in [0.2, 0.25) is 0 Å². The summed E-state index contributed by atoms with van der Waals surface area (Å²) in [4.78, 5) is 16.3. The van der Waals surface area contributed by atoms with E-state index in [1.807, 2.05) is 51.1 Å². The Morgan fingerprint density at radius 2 is 1.94 bits per heavy atom. The number of aromatic nitrogens is 3. The van der Waals surface area contributed by atoms with Gasteiger partial charge in [0.15, 0.2) is 0 Å². The first kappa shape index (κ1) is 22.0. The van der Waals surface area contributed by atoms with Crippen LogP contribution in [0.1, 0.15) is 31.9 Å². The smallest absolute Gasteiger partial charge is 0.409 e. The van der Waals surface area contributed by atoms with Crippen molar-refractivity contribution < 1.29 is 18.5 Å². The fourth-order valence-corrected chi connectivity index (χ4v) is 3.67. The summed E-state index contributed by atoms with van der Waals surface area (Å²) in [5, 5.41) is 12.7. The van der Waals surface area contributed by atoms with Crippen LogP contribution in [0.25, 0.3) is 22.7 Å². The van der Waals surface area contributed by atoms with E-state index in [9.17, 15) is 4.79 Å². The molecule has 1 amide bonds. The average Bonchev–Trinajstić information content (AvgIpc) is 3.32. The molecule has 0 bridgehead atoms. The van der Waals surface area contributed by atoms with Gasteiger partial charge in [-0.15, -0.1) is 10.2 Å². The predicted octanol–water partition coefficient (Wildman–Crippen LogP) is 4.00. The van der Waals surface area contributed by atoms with Crippen molar-refractivity contribution in [1.29, 1.82) is 0 Å². The van der Waals surface area contributed by atoms with E-state index in [-0.39, 0.29) is 6.09 Å². The molecule has 32 heavy (non-hydrogen) atoms. The van der Waals surface area contributed by atoms with Crippen LogP contribution in [0.5, 0.6) is 0 Å². The van der Waals surface area contributed by atoms with Gasteiger partial charge < -0.3 is 18.6 Å². The number of hydrogen-bond acceptors (Lipinski definition) is 8. The first-order valence-corrected chi connectivity index (χ1v) is 11.0. The molecular weight excluding hydrogens is 410 g/mol. The number of hydrogen-bond donors (Lipinski definition) is 0. The molecule has 0 spiro atoms. The molecule has 1 aliphatic heterocycles. The third-order valence-electron chi connectivity index (χ3n) is 5.34. The van der Waals surface area contributed by atoms with Gasteiger partial charge in [-0.3, -0.25) is 4.90 Å². The maximum Gasteiger partial charge on any atom is 0.409 e. The molecule has 0 unspecified atom stereocenters. The fraction of sp³-hybridized carbons (Fsp3) is 0.478. The van der Waals surface area contributed by atoms with Crippen molar-refractivity contribution in [2.75, 3.05) is 32.8 Å². The summed E-state index contributed by atoms with van der Waals surface area (Å²) in [6.45, 7) is 9.71. The lowest BCUT2D eigenvalue weighted by molar-refractivity contribution is 0.0929. The van der Waals surface area contributed by atoms with E-state index >= 15 is 0 Å². The van der Waals surface area contributed by atoms with Crippen LogP contribution >= 0.6 is 0 Å². The van der Waals surface area contributed by atoms with Crippen LogP contribution in [-0.4, -0.2) is 64.0 Å². The van der Waals surface area contributed by atoms with Gasteiger partial charge >= 0.3 is 6.09 Å². The second kappa shape index (κ2) is 9.95. The van der Waals surface area contributed by atoms with Crippen LogP contribution in [0.3, 0.4) is 0 Å². The minimum Gasteiger partial charge on any atom is -0.449 e. The van der Waals surface area contributed by atoms with Gasteiger partial charge in [-0.05, 0) is 19.3 Å². The maximum atomic E-state index is 12.3. The van der Waals surface area contributed by atoms with Crippen molar-refractivity contribution in [2.45, 2.75) is 33.7 Å². The van der Waals surface area contributed by atoms with Crippen molar-refractivity contribution in [2.24, 2.45) is 5.92 Å². The molecule has 170 valence electrons. The van der Waals surface area contributed by atoms with Crippen molar-refractivity contribution in [3.05, 3.63) is 42.0 Å². The van der Waals surface area contributed by atoms with E-state index in [0.717, 1.165) is 25.1 Å². The van der Waals surface area contributed by atoms with Crippen molar-refractivity contribution in [1.82, 2.24) is 25.2 Å². The molecule has 9 heteroatoms. The van der Waals surface area contributed by atoms with E-state index in [1.54, 1.807) is 4.90 Å². The van der Waals surface area contributed by atoms with Gasteiger partial charge in [0, 0.05) is 31.7 Å². The highest BCUT2D eigenvalue weighted by molar-refractivity contribution is 5.77. The number of rotatable bonds is 6. The van der Waals surface area contributed by atoms with E-state index in [0.29, 0.717) is 61.0 Å². The molecule has 0 saturated carbocycles. The molecule has 9 nitrogen and oxygen atoms in total.